The number of ether oxygens (including phenoxy) is 1. The van der Waals surface area contributed by atoms with Crippen LogP contribution >= 0.6 is 23.2 Å². The lowest BCUT2D eigenvalue weighted by Gasteiger charge is -2.16. The minimum absolute atomic E-state index is 0.0658. The molecule has 2 aromatic carbocycles. The molecule has 3 rings (SSSR count). The number of carbonyl (C=O) groups excluding carboxylic acids is 2. The maximum absolute atomic E-state index is 13.5. The molecule has 2 N–H and O–H groups in total. The first-order valence-corrected chi connectivity index (χ1v) is 9.33. The van der Waals surface area contributed by atoms with Crippen molar-refractivity contribution >= 4 is 46.4 Å². The van der Waals surface area contributed by atoms with E-state index in [9.17, 15) is 22.8 Å². The van der Waals surface area contributed by atoms with Crippen molar-refractivity contribution in [3.05, 3.63) is 76.2 Å². The van der Waals surface area contributed by atoms with Crippen molar-refractivity contribution in [3.63, 3.8) is 0 Å². The van der Waals surface area contributed by atoms with Crippen molar-refractivity contribution in [3.8, 4) is 5.75 Å². The van der Waals surface area contributed by atoms with E-state index >= 15 is 0 Å². The summed E-state index contributed by atoms with van der Waals surface area (Å²) in [5.74, 6) is -1.48. The molecule has 0 aliphatic heterocycles. The molecule has 3 aromatic rings. The van der Waals surface area contributed by atoms with E-state index in [4.69, 9.17) is 32.4 Å². The largest absolute Gasteiger partial charge is 0.482 e. The zero-order valence-electron chi connectivity index (χ0n) is 15.4. The zero-order chi connectivity index (χ0) is 22.6. The molecule has 0 radical (unpaired) electrons. The number of amides is 2. The van der Waals surface area contributed by atoms with Crippen LogP contribution in [0.4, 0.5) is 24.5 Å². The standard InChI is InChI=1S/C20H13Cl2F3N2O4/c21-11-3-6-16(14(22)8-11)31-10-18(28)27-15-5-4-12(9-13(15)20(23,24)25)26-19(29)17-2-1-7-30-17/h1-9H,10H2,(H,26,29)(H,27,28). The van der Waals surface area contributed by atoms with Crippen LogP contribution in [0.2, 0.25) is 10.0 Å². The van der Waals surface area contributed by atoms with Crippen LogP contribution in [0.15, 0.2) is 59.2 Å². The predicted octanol–water partition coefficient (Wildman–Crippen LogP) is 5.88. The lowest BCUT2D eigenvalue weighted by atomic mass is 10.1. The van der Waals surface area contributed by atoms with Crippen LogP contribution < -0.4 is 15.4 Å². The summed E-state index contributed by atoms with van der Waals surface area (Å²) in [6.45, 7) is -0.588. The van der Waals surface area contributed by atoms with Crippen molar-refractivity contribution in [2.24, 2.45) is 0 Å². The molecule has 0 saturated carbocycles. The molecule has 1 heterocycles. The van der Waals surface area contributed by atoms with E-state index in [1.165, 1.54) is 42.7 Å². The molecule has 0 bridgehead atoms. The lowest BCUT2D eigenvalue weighted by Crippen LogP contribution is -2.22. The van der Waals surface area contributed by atoms with Crippen molar-refractivity contribution in [2.45, 2.75) is 6.18 Å². The quantitative estimate of drug-likeness (QED) is 0.469. The number of alkyl halides is 3. The summed E-state index contributed by atoms with van der Waals surface area (Å²) in [4.78, 5) is 24.1. The molecular weight excluding hydrogens is 460 g/mol. The Labute approximate surface area is 183 Å². The molecular formula is C20H13Cl2F3N2O4. The number of halogens is 5. The fraction of sp³-hybridized carbons (Fsp3) is 0.100. The summed E-state index contributed by atoms with van der Waals surface area (Å²) in [6.07, 6.45) is -3.54. The predicted molar refractivity (Wildman–Crippen MR) is 109 cm³/mol. The summed E-state index contributed by atoms with van der Waals surface area (Å²) in [5.41, 5.74) is -1.78. The number of benzene rings is 2. The fourth-order valence-corrected chi connectivity index (χ4v) is 2.95. The minimum atomic E-state index is -4.80. The SMILES string of the molecule is O=C(COc1ccc(Cl)cc1Cl)Nc1ccc(NC(=O)c2ccco2)cc1C(F)(F)F. The van der Waals surface area contributed by atoms with Crippen LogP contribution in [-0.4, -0.2) is 18.4 Å². The maximum atomic E-state index is 13.5. The van der Waals surface area contributed by atoms with Gasteiger partial charge in [-0.15, -0.1) is 0 Å². The molecule has 0 aliphatic rings. The monoisotopic (exact) mass is 472 g/mol. The molecule has 11 heteroatoms. The summed E-state index contributed by atoms with van der Waals surface area (Å²) >= 11 is 11.7. The van der Waals surface area contributed by atoms with Crippen LogP contribution in [-0.2, 0) is 11.0 Å². The van der Waals surface area contributed by atoms with Gasteiger partial charge in [-0.3, -0.25) is 9.59 Å². The molecule has 0 unspecified atom stereocenters. The van der Waals surface area contributed by atoms with Crippen molar-refractivity contribution in [2.75, 3.05) is 17.2 Å². The van der Waals surface area contributed by atoms with Crippen molar-refractivity contribution < 1.29 is 31.9 Å². The molecule has 2 amide bonds. The van der Waals surface area contributed by atoms with Gasteiger partial charge in [-0.05, 0) is 48.5 Å². The average molecular weight is 473 g/mol. The molecule has 0 fully saturated rings. The number of rotatable bonds is 6. The highest BCUT2D eigenvalue weighted by Crippen LogP contribution is 2.37. The minimum Gasteiger partial charge on any atom is -0.482 e. The Balaban J connectivity index is 1.72. The highest BCUT2D eigenvalue weighted by molar-refractivity contribution is 6.35. The topological polar surface area (TPSA) is 80.6 Å². The maximum Gasteiger partial charge on any atom is 0.418 e. The lowest BCUT2D eigenvalue weighted by molar-refractivity contribution is -0.137. The van der Waals surface area contributed by atoms with Gasteiger partial charge in [-0.2, -0.15) is 13.2 Å². The molecule has 6 nitrogen and oxygen atoms in total. The Morgan fingerprint density at radius 3 is 2.45 bits per heavy atom. The van der Waals surface area contributed by atoms with Gasteiger partial charge in [-0.1, -0.05) is 23.2 Å². The third kappa shape index (κ3) is 5.93. The van der Waals surface area contributed by atoms with E-state index < -0.39 is 35.8 Å². The van der Waals surface area contributed by atoms with Gasteiger partial charge >= 0.3 is 6.18 Å². The third-order valence-corrected chi connectivity index (χ3v) is 4.39. The van der Waals surface area contributed by atoms with Crippen LogP contribution in [0.25, 0.3) is 0 Å². The Morgan fingerprint density at radius 1 is 1.03 bits per heavy atom. The second-order valence-corrected chi connectivity index (χ2v) is 6.94. The van der Waals surface area contributed by atoms with E-state index in [1.807, 2.05) is 0 Å². The normalized spacial score (nSPS) is 11.1. The van der Waals surface area contributed by atoms with E-state index in [1.54, 1.807) is 0 Å². The van der Waals surface area contributed by atoms with E-state index in [0.29, 0.717) is 11.1 Å². The number of hydrogen-bond donors (Lipinski definition) is 2. The van der Waals surface area contributed by atoms with Crippen LogP contribution in [0.1, 0.15) is 16.1 Å². The van der Waals surface area contributed by atoms with Gasteiger partial charge in [0, 0.05) is 10.7 Å². The third-order valence-electron chi connectivity index (χ3n) is 3.85. The van der Waals surface area contributed by atoms with Crippen molar-refractivity contribution in [1.82, 2.24) is 0 Å². The second-order valence-electron chi connectivity index (χ2n) is 6.10. The molecule has 0 atom stereocenters. The Bertz CT molecular complexity index is 1100. The summed E-state index contributed by atoms with van der Waals surface area (Å²) in [7, 11) is 0. The molecule has 0 saturated heterocycles. The van der Waals surface area contributed by atoms with Crippen LogP contribution in [0.3, 0.4) is 0 Å². The van der Waals surface area contributed by atoms with Crippen molar-refractivity contribution in [1.29, 1.82) is 0 Å². The van der Waals surface area contributed by atoms with Gasteiger partial charge in [0.1, 0.15) is 5.75 Å². The first-order chi connectivity index (χ1) is 14.6. The first-order valence-electron chi connectivity index (χ1n) is 8.57. The molecule has 1 aromatic heterocycles. The average Bonchev–Trinajstić information content (AvgIpc) is 3.22. The summed E-state index contributed by atoms with van der Waals surface area (Å²) in [5, 5.41) is 4.94. The Morgan fingerprint density at radius 2 is 1.81 bits per heavy atom. The van der Waals surface area contributed by atoms with Crippen LogP contribution in [0.5, 0.6) is 5.75 Å². The van der Waals surface area contributed by atoms with Gasteiger partial charge < -0.3 is 19.8 Å². The summed E-state index contributed by atoms with van der Waals surface area (Å²) < 4.78 is 50.6. The number of furan rings is 1. The number of anilines is 2. The molecule has 162 valence electrons. The summed E-state index contributed by atoms with van der Waals surface area (Å²) in [6, 6.07) is 10.1. The van der Waals surface area contributed by atoms with E-state index in [-0.39, 0.29) is 22.2 Å². The smallest absolute Gasteiger partial charge is 0.418 e. The highest BCUT2D eigenvalue weighted by Gasteiger charge is 2.34. The molecule has 0 aliphatic carbocycles. The van der Waals surface area contributed by atoms with E-state index in [2.05, 4.69) is 10.6 Å². The molecule has 0 spiro atoms. The highest BCUT2D eigenvalue weighted by atomic mass is 35.5. The Hall–Kier alpha value is -3.17. The van der Waals surface area contributed by atoms with E-state index in [0.717, 1.165) is 6.07 Å². The van der Waals surface area contributed by atoms with Gasteiger partial charge in [0.25, 0.3) is 11.8 Å². The first kappa shape index (κ1) is 22.5. The zero-order valence-corrected chi connectivity index (χ0v) is 16.9. The number of carbonyl (C=O) groups is 2. The number of hydrogen-bond acceptors (Lipinski definition) is 4. The second kappa shape index (κ2) is 9.32. The van der Waals surface area contributed by atoms with Gasteiger partial charge in [0.05, 0.1) is 22.5 Å². The number of nitrogens with one attached hydrogen (secondary N) is 2. The van der Waals surface area contributed by atoms with Crippen LogP contribution in [0, 0.1) is 0 Å². The fourth-order valence-electron chi connectivity index (χ4n) is 2.49. The van der Waals surface area contributed by atoms with Gasteiger partial charge in [0.2, 0.25) is 0 Å². The van der Waals surface area contributed by atoms with Gasteiger partial charge in [-0.25, -0.2) is 0 Å². The molecule has 31 heavy (non-hydrogen) atoms. The van der Waals surface area contributed by atoms with Gasteiger partial charge in [0.15, 0.2) is 12.4 Å². The Kier molecular flexibility index (Phi) is 6.77.